The Bertz CT molecular complexity index is 600. The zero-order valence-electron chi connectivity index (χ0n) is 15.2. The fourth-order valence-corrected chi connectivity index (χ4v) is 3.45. The molecule has 0 aromatic heterocycles. The smallest absolute Gasteiger partial charge is 0.315 e. The first-order valence-corrected chi connectivity index (χ1v) is 9.62. The van der Waals surface area contributed by atoms with Gasteiger partial charge in [-0.1, -0.05) is 20.8 Å². The SMILES string of the molecule is CC(C)(C)CC(C)(C)NC(=O)NC(CS(C)(=O)=O)C(=O)NCC#N. The fraction of sp³-hybridized carbons (Fsp3) is 0.800. The summed E-state index contributed by atoms with van der Waals surface area (Å²) in [6.07, 6.45) is 1.66. The van der Waals surface area contributed by atoms with Crippen LogP contribution in [0, 0.1) is 16.7 Å². The van der Waals surface area contributed by atoms with Gasteiger partial charge in [-0.25, -0.2) is 13.2 Å². The summed E-state index contributed by atoms with van der Waals surface area (Å²) in [5.74, 6) is -1.26. The third kappa shape index (κ3) is 10.8. The average Bonchev–Trinajstić information content (AvgIpc) is 2.29. The molecule has 3 N–H and O–H groups in total. The monoisotopic (exact) mass is 360 g/mol. The predicted molar refractivity (Wildman–Crippen MR) is 91.9 cm³/mol. The third-order valence-electron chi connectivity index (χ3n) is 2.86. The highest BCUT2D eigenvalue weighted by molar-refractivity contribution is 7.90. The van der Waals surface area contributed by atoms with Crippen LogP contribution < -0.4 is 16.0 Å². The van der Waals surface area contributed by atoms with Crippen LogP contribution in [0.4, 0.5) is 4.79 Å². The lowest BCUT2D eigenvalue weighted by Gasteiger charge is -2.33. The van der Waals surface area contributed by atoms with Gasteiger partial charge in [0.15, 0.2) is 0 Å². The summed E-state index contributed by atoms with van der Waals surface area (Å²) in [4.78, 5) is 24.1. The van der Waals surface area contributed by atoms with Crippen LogP contribution in [0.1, 0.15) is 41.0 Å². The molecule has 0 spiro atoms. The van der Waals surface area contributed by atoms with Gasteiger partial charge in [0.25, 0.3) is 0 Å². The van der Waals surface area contributed by atoms with Crippen LogP contribution in [0.25, 0.3) is 0 Å². The van der Waals surface area contributed by atoms with Gasteiger partial charge in [0.1, 0.15) is 22.4 Å². The molecule has 0 aliphatic heterocycles. The minimum atomic E-state index is -3.50. The molecule has 0 aromatic carbocycles. The molecule has 0 bridgehead atoms. The number of nitrogens with one attached hydrogen (secondary N) is 3. The van der Waals surface area contributed by atoms with Crippen LogP contribution >= 0.6 is 0 Å². The molecule has 0 aliphatic carbocycles. The summed E-state index contributed by atoms with van der Waals surface area (Å²) in [6, 6.07) is -0.175. The van der Waals surface area contributed by atoms with Gasteiger partial charge in [-0.3, -0.25) is 4.79 Å². The van der Waals surface area contributed by atoms with Gasteiger partial charge < -0.3 is 16.0 Å². The van der Waals surface area contributed by atoms with Crippen molar-refractivity contribution in [2.75, 3.05) is 18.6 Å². The first kappa shape index (κ1) is 22.2. The van der Waals surface area contributed by atoms with Crippen molar-refractivity contribution in [3.63, 3.8) is 0 Å². The van der Waals surface area contributed by atoms with E-state index in [4.69, 9.17) is 5.26 Å². The van der Waals surface area contributed by atoms with Gasteiger partial charge in [0.2, 0.25) is 5.91 Å². The summed E-state index contributed by atoms with van der Waals surface area (Å²) in [6.45, 7) is 9.54. The van der Waals surface area contributed by atoms with E-state index in [1.165, 1.54) is 0 Å². The number of hydrogen-bond donors (Lipinski definition) is 3. The van der Waals surface area contributed by atoms with Gasteiger partial charge in [-0.15, -0.1) is 0 Å². The van der Waals surface area contributed by atoms with Crippen molar-refractivity contribution in [1.29, 1.82) is 5.26 Å². The van der Waals surface area contributed by atoms with E-state index in [2.05, 4.69) is 16.0 Å². The van der Waals surface area contributed by atoms with Gasteiger partial charge in [-0.2, -0.15) is 5.26 Å². The number of carbonyl (C=O) groups is 2. The van der Waals surface area contributed by atoms with Crippen molar-refractivity contribution in [2.45, 2.75) is 52.6 Å². The average molecular weight is 360 g/mol. The standard InChI is InChI=1S/C15H28N4O4S/c1-14(2,3)10-15(4,5)19-13(21)18-11(9-24(6,22)23)12(20)17-8-7-16/h11H,8-10H2,1-6H3,(H,17,20)(H2,18,19,21). The number of amides is 3. The van der Waals surface area contributed by atoms with Crippen molar-refractivity contribution >= 4 is 21.8 Å². The topological polar surface area (TPSA) is 128 Å². The summed E-state index contributed by atoms with van der Waals surface area (Å²) < 4.78 is 22.9. The molecule has 0 saturated carbocycles. The second-order valence-electron chi connectivity index (χ2n) is 7.74. The molecular formula is C15H28N4O4S. The lowest BCUT2D eigenvalue weighted by atomic mass is 9.82. The Balaban J connectivity index is 4.98. The number of carbonyl (C=O) groups excluding carboxylic acids is 2. The molecule has 0 radical (unpaired) electrons. The zero-order valence-corrected chi connectivity index (χ0v) is 16.0. The van der Waals surface area contributed by atoms with Gasteiger partial charge in [0.05, 0.1) is 11.8 Å². The summed E-state index contributed by atoms with van der Waals surface area (Å²) >= 11 is 0. The van der Waals surface area contributed by atoms with E-state index in [1.807, 2.05) is 34.6 Å². The molecule has 138 valence electrons. The van der Waals surface area contributed by atoms with E-state index >= 15 is 0 Å². The molecule has 0 rings (SSSR count). The lowest BCUT2D eigenvalue weighted by Crippen LogP contribution is -2.57. The summed E-state index contributed by atoms with van der Waals surface area (Å²) in [5, 5.41) is 15.9. The van der Waals surface area contributed by atoms with Crippen molar-refractivity contribution in [1.82, 2.24) is 16.0 Å². The van der Waals surface area contributed by atoms with Crippen LogP contribution in [0.2, 0.25) is 0 Å². The molecule has 0 heterocycles. The minimum absolute atomic E-state index is 0.0207. The highest BCUT2D eigenvalue weighted by Crippen LogP contribution is 2.26. The first-order chi connectivity index (χ1) is 10.7. The molecule has 0 aliphatic rings. The highest BCUT2D eigenvalue weighted by Gasteiger charge is 2.30. The predicted octanol–water partition coefficient (Wildman–Crippen LogP) is 0.553. The van der Waals surface area contributed by atoms with Crippen molar-refractivity contribution < 1.29 is 18.0 Å². The molecule has 1 atom stereocenters. The summed E-state index contributed by atoms with van der Waals surface area (Å²) in [7, 11) is -3.50. The number of nitriles is 1. The third-order valence-corrected chi connectivity index (χ3v) is 3.80. The molecule has 0 aromatic rings. The maximum atomic E-state index is 12.2. The van der Waals surface area contributed by atoms with Crippen LogP contribution in [0.15, 0.2) is 0 Å². The molecular weight excluding hydrogens is 332 g/mol. The van der Waals surface area contributed by atoms with Gasteiger partial charge in [0, 0.05) is 11.8 Å². The first-order valence-electron chi connectivity index (χ1n) is 7.56. The normalized spacial score (nSPS) is 13.5. The molecule has 0 fully saturated rings. The maximum Gasteiger partial charge on any atom is 0.315 e. The zero-order chi connectivity index (χ0) is 19.2. The van der Waals surface area contributed by atoms with E-state index in [0.29, 0.717) is 6.42 Å². The summed E-state index contributed by atoms with van der Waals surface area (Å²) in [5.41, 5.74) is -0.561. The van der Waals surface area contributed by atoms with Crippen LogP contribution in [0.3, 0.4) is 0 Å². The van der Waals surface area contributed by atoms with E-state index in [-0.39, 0.29) is 12.0 Å². The van der Waals surface area contributed by atoms with E-state index < -0.39 is 39.1 Å². The number of hydrogen-bond acceptors (Lipinski definition) is 5. The van der Waals surface area contributed by atoms with E-state index in [1.54, 1.807) is 6.07 Å². The highest BCUT2D eigenvalue weighted by atomic mass is 32.2. The Morgan fingerprint density at radius 1 is 1.17 bits per heavy atom. The Hall–Kier alpha value is -1.82. The Morgan fingerprint density at radius 2 is 1.71 bits per heavy atom. The van der Waals surface area contributed by atoms with Crippen LogP contribution in [-0.2, 0) is 14.6 Å². The van der Waals surface area contributed by atoms with E-state index in [0.717, 1.165) is 6.26 Å². The quantitative estimate of drug-likeness (QED) is 0.571. The Kier molecular flexibility index (Phi) is 7.70. The Labute approximate surface area is 144 Å². The van der Waals surface area contributed by atoms with Crippen LogP contribution in [0.5, 0.6) is 0 Å². The van der Waals surface area contributed by atoms with Crippen LogP contribution in [-0.4, -0.2) is 50.5 Å². The number of nitrogens with zero attached hydrogens (tertiary/aromatic N) is 1. The molecule has 9 heteroatoms. The second-order valence-corrected chi connectivity index (χ2v) is 9.93. The Morgan fingerprint density at radius 3 is 2.12 bits per heavy atom. The van der Waals surface area contributed by atoms with E-state index in [9.17, 15) is 18.0 Å². The van der Waals surface area contributed by atoms with Crippen molar-refractivity contribution in [2.24, 2.45) is 5.41 Å². The largest absolute Gasteiger partial charge is 0.341 e. The molecule has 8 nitrogen and oxygen atoms in total. The minimum Gasteiger partial charge on any atom is -0.341 e. The molecule has 0 saturated heterocycles. The molecule has 3 amide bonds. The lowest BCUT2D eigenvalue weighted by molar-refractivity contribution is -0.122. The number of urea groups is 1. The van der Waals surface area contributed by atoms with Crippen molar-refractivity contribution in [3.05, 3.63) is 0 Å². The molecule has 24 heavy (non-hydrogen) atoms. The van der Waals surface area contributed by atoms with Crippen molar-refractivity contribution in [3.8, 4) is 6.07 Å². The van der Waals surface area contributed by atoms with Gasteiger partial charge in [-0.05, 0) is 25.7 Å². The number of sulfone groups is 1. The van der Waals surface area contributed by atoms with Gasteiger partial charge >= 0.3 is 6.03 Å². The number of rotatable bonds is 7. The fourth-order valence-electron chi connectivity index (χ4n) is 2.61. The molecule has 1 unspecified atom stereocenters. The second kappa shape index (κ2) is 8.33. The maximum absolute atomic E-state index is 12.2.